The van der Waals surface area contributed by atoms with Crippen LogP contribution in [0.1, 0.15) is 26.3 Å². The van der Waals surface area contributed by atoms with Gasteiger partial charge in [-0.3, -0.25) is 4.79 Å². The van der Waals surface area contributed by atoms with Crippen molar-refractivity contribution in [2.45, 2.75) is 26.4 Å². The van der Waals surface area contributed by atoms with Crippen molar-refractivity contribution in [2.24, 2.45) is 11.8 Å². The van der Waals surface area contributed by atoms with E-state index in [0.29, 0.717) is 5.56 Å². The summed E-state index contributed by atoms with van der Waals surface area (Å²) in [6.45, 7) is 5.19. The van der Waals surface area contributed by atoms with Crippen LogP contribution in [-0.2, 0) is 15.1 Å². The minimum Gasteiger partial charge on any atom is -0.469 e. The van der Waals surface area contributed by atoms with E-state index in [2.05, 4.69) is 15.9 Å². The quantitative estimate of drug-likeness (QED) is 0.861. The number of benzene rings is 1. The number of aliphatic hydroxyl groups is 1. The SMILES string of the molecule is COC(=O)C(C(C)C)C(C)(O)c1ccc(F)c(Br)c1. The molecule has 1 aromatic carbocycles. The standard InChI is InChI=1S/C14H18BrFO3/c1-8(2)12(13(17)19-4)14(3,18)9-5-6-11(16)10(15)7-9/h5-8,12,18H,1-4H3. The second-order valence-corrected chi connectivity index (χ2v) is 5.88. The van der Waals surface area contributed by atoms with Gasteiger partial charge in [0, 0.05) is 0 Å². The highest BCUT2D eigenvalue weighted by atomic mass is 79.9. The van der Waals surface area contributed by atoms with Crippen molar-refractivity contribution in [2.75, 3.05) is 7.11 Å². The number of hydrogen-bond acceptors (Lipinski definition) is 3. The molecule has 0 heterocycles. The average Bonchev–Trinajstić information content (AvgIpc) is 2.31. The summed E-state index contributed by atoms with van der Waals surface area (Å²) < 4.78 is 18.2. The molecule has 0 spiro atoms. The van der Waals surface area contributed by atoms with Crippen LogP contribution in [0.25, 0.3) is 0 Å². The van der Waals surface area contributed by atoms with Crippen LogP contribution in [0.2, 0.25) is 0 Å². The maximum atomic E-state index is 13.3. The monoisotopic (exact) mass is 332 g/mol. The van der Waals surface area contributed by atoms with Gasteiger partial charge < -0.3 is 9.84 Å². The number of carbonyl (C=O) groups is 1. The van der Waals surface area contributed by atoms with Gasteiger partial charge in [-0.15, -0.1) is 0 Å². The van der Waals surface area contributed by atoms with Crippen LogP contribution < -0.4 is 0 Å². The van der Waals surface area contributed by atoms with E-state index in [9.17, 15) is 14.3 Å². The highest BCUT2D eigenvalue weighted by Gasteiger charge is 2.42. The van der Waals surface area contributed by atoms with Gasteiger partial charge in [0.2, 0.25) is 0 Å². The molecule has 0 amide bonds. The van der Waals surface area contributed by atoms with E-state index in [0.717, 1.165) is 0 Å². The number of hydrogen-bond donors (Lipinski definition) is 1. The van der Waals surface area contributed by atoms with Crippen molar-refractivity contribution in [3.8, 4) is 0 Å². The fraction of sp³-hybridized carbons (Fsp3) is 0.500. The summed E-state index contributed by atoms with van der Waals surface area (Å²) in [6, 6.07) is 4.20. The summed E-state index contributed by atoms with van der Waals surface area (Å²) in [6.07, 6.45) is 0. The molecule has 0 aliphatic carbocycles. The van der Waals surface area contributed by atoms with Gasteiger partial charge in [-0.05, 0) is 46.5 Å². The summed E-state index contributed by atoms with van der Waals surface area (Å²) in [7, 11) is 1.29. The van der Waals surface area contributed by atoms with Crippen LogP contribution in [0.3, 0.4) is 0 Å². The zero-order valence-electron chi connectivity index (χ0n) is 11.4. The number of ether oxygens (including phenoxy) is 1. The molecule has 2 unspecified atom stereocenters. The number of rotatable bonds is 4. The van der Waals surface area contributed by atoms with Crippen LogP contribution in [0, 0.1) is 17.7 Å². The topological polar surface area (TPSA) is 46.5 Å². The predicted octanol–water partition coefficient (Wildman–Crippen LogP) is 3.24. The van der Waals surface area contributed by atoms with Gasteiger partial charge >= 0.3 is 5.97 Å². The number of carbonyl (C=O) groups excluding carboxylic acids is 1. The Morgan fingerprint density at radius 3 is 2.47 bits per heavy atom. The lowest BCUT2D eigenvalue weighted by Gasteiger charge is -2.34. The number of methoxy groups -OCH3 is 1. The van der Waals surface area contributed by atoms with Crippen LogP contribution in [0.15, 0.2) is 22.7 Å². The molecule has 1 aromatic rings. The van der Waals surface area contributed by atoms with Gasteiger partial charge in [-0.1, -0.05) is 19.9 Å². The number of halogens is 2. The Morgan fingerprint density at radius 2 is 2.05 bits per heavy atom. The normalized spacial score (nSPS) is 16.0. The molecule has 0 saturated heterocycles. The number of esters is 1. The molecular formula is C14H18BrFO3. The van der Waals surface area contributed by atoms with E-state index in [4.69, 9.17) is 4.74 Å². The lowest BCUT2D eigenvalue weighted by molar-refractivity contribution is -0.159. The summed E-state index contributed by atoms with van der Waals surface area (Å²) in [5, 5.41) is 10.7. The van der Waals surface area contributed by atoms with Crippen LogP contribution in [0.5, 0.6) is 0 Å². The van der Waals surface area contributed by atoms with E-state index in [1.165, 1.54) is 32.2 Å². The molecule has 0 fully saturated rings. The van der Waals surface area contributed by atoms with E-state index < -0.39 is 23.3 Å². The lowest BCUT2D eigenvalue weighted by Crippen LogP contribution is -2.41. The van der Waals surface area contributed by atoms with Crippen molar-refractivity contribution in [3.05, 3.63) is 34.1 Å². The first-order valence-electron chi connectivity index (χ1n) is 5.97. The molecule has 0 saturated carbocycles. The third-order valence-electron chi connectivity index (χ3n) is 3.23. The highest BCUT2D eigenvalue weighted by Crippen LogP contribution is 2.36. The van der Waals surface area contributed by atoms with Crippen molar-refractivity contribution < 1.29 is 19.0 Å². The zero-order chi connectivity index (χ0) is 14.8. The van der Waals surface area contributed by atoms with Crippen LogP contribution in [-0.4, -0.2) is 18.2 Å². The van der Waals surface area contributed by atoms with Crippen LogP contribution >= 0.6 is 15.9 Å². The molecule has 0 aliphatic rings. The smallest absolute Gasteiger partial charge is 0.312 e. The average molecular weight is 333 g/mol. The van der Waals surface area contributed by atoms with Gasteiger partial charge in [0.1, 0.15) is 11.4 Å². The molecule has 5 heteroatoms. The van der Waals surface area contributed by atoms with Crippen molar-refractivity contribution in [3.63, 3.8) is 0 Å². The van der Waals surface area contributed by atoms with E-state index in [1.54, 1.807) is 0 Å². The van der Waals surface area contributed by atoms with E-state index >= 15 is 0 Å². The molecule has 0 aromatic heterocycles. The highest BCUT2D eigenvalue weighted by molar-refractivity contribution is 9.10. The first-order chi connectivity index (χ1) is 8.71. The Labute approximate surface area is 120 Å². The molecule has 0 radical (unpaired) electrons. The van der Waals surface area contributed by atoms with E-state index in [-0.39, 0.29) is 10.4 Å². The molecule has 1 N–H and O–H groups in total. The first kappa shape index (κ1) is 16.1. The predicted molar refractivity (Wildman–Crippen MR) is 74.0 cm³/mol. The fourth-order valence-corrected chi connectivity index (χ4v) is 2.65. The maximum absolute atomic E-state index is 13.3. The van der Waals surface area contributed by atoms with Gasteiger partial charge in [0.05, 0.1) is 17.5 Å². The maximum Gasteiger partial charge on any atom is 0.312 e. The molecule has 0 bridgehead atoms. The molecule has 1 rings (SSSR count). The largest absolute Gasteiger partial charge is 0.469 e. The Kier molecular flexibility index (Phi) is 5.10. The van der Waals surface area contributed by atoms with Crippen LogP contribution in [0.4, 0.5) is 4.39 Å². The molecule has 19 heavy (non-hydrogen) atoms. The zero-order valence-corrected chi connectivity index (χ0v) is 13.0. The summed E-state index contributed by atoms with van der Waals surface area (Å²) in [5.74, 6) is -1.75. The Hall–Kier alpha value is -0.940. The van der Waals surface area contributed by atoms with Gasteiger partial charge in [0.15, 0.2) is 0 Å². The summed E-state index contributed by atoms with van der Waals surface area (Å²) in [4.78, 5) is 11.9. The third-order valence-corrected chi connectivity index (χ3v) is 3.84. The van der Waals surface area contributed by atoms with Crippen molar-refractivity contribution in [1.82, 2.24) is 0 Å². The first-order valence-corrected chi connectivity index (χ1v) is 6.76. The molecule has 2 atom stereocenters. The minimum atomic E-state index is -1.43. The molecule has 3 nitrogen and oxygen atoms in total. The Bertz CT molecular complexity index is 472. The second-order valence-electron chi connectivity index (χ2n) is 5.02. The Morgan fingerprint density at radius 1 is 1.47 bits per heavy atom. The fourth-order valence-electron chi connectivity index (χ4n) is 2.27. The van der Waals surface area contributed by atoms with Crippen molar-refractivity contribution in [1.29, 1.82) is 0 Å². The lowest BCUT2D eigenvalue weighted by atomic mass is 9.76. The van der Waals surface area contributed by atoms with E-state index in [1.807, 2.05) is 13.8 Å². The third kappa shape index (κ3) is 3.34. The molecular weight excluding hydrogens is 315 g/mol. The van der Waals surface area contributed by atoms with Gasteiger partial charge in [-0.2, -0.15) is 0 Å². The van der Waals surface area contributed by atoms with Gasteiger partial charge in [0.25, 0.3) is 0 Å². The second kappa shape index (κ2) is 6.01. The summed E-state index contributed by atoms with van der Waals surface area (Å²) in [5.41, 5.74) is -0.970. The Balaban J connectivity index is 3.25. The molecule has 0 aliphatic heterocycles. The molecule has 106 valence electrons. The minimum absolute atomic E-state index is 0.119. The van der Waals surface area contributed by atoms with Gasteiger partial charge in [-0.25, -0.2) is 4.39 Å². The van der Waals surface area contributed by atoms with Crippen molar-refractivity contribution >= 4 is 21.9 Å². The summed E-state index contributed by atoms with van der Waals surface area (Å²) >= 11 is 3.08.